The van der Waals surface area contributed by atoms with Crippen molar-refractivity contribution in [3.8, 4) is 5.75 Å². The molecule has 0 aliphatic carbocycles. The summed E-state index contributed by atoms with van der Waals surface area (Å²) in [6.45, 7) is 1.64. The summed E-state index contributed by atoms with van der Waals surface area (Å²) in [6.07, 6.45) is 0. The number of anilines is 1. The summed E-state index contributed by atoms with van der Waals surface area (Å²) in [4.78, 5) is 27.8. The normalized spacial score (nSPS) is 10.2. The van der Waals surface area contributed by atoms with Gasteiger partial charge in [-0.05, 0) is 25.1 Å². The summed E-state index contributed by atoms with van der Waals surface area (Å²) in [5, 5.41) is 9.77. The van der Waals surface area contributed by atoms with Crippen molar-refractivity contribution in [1.82, 2.24) is 4.98 Å². The van der Waals surface area contributed by atoms with E-state index in [0.717, 1.165) is 0 Å². The second-order valence-electron chi connectivity index (χ2n) is 4.24. The minimum Gasteiger partial charge on any atom is -0.507 e. The van der Waals surface area contributed by atoms with Crippen LogP contribution in [0.3, 0.4) is 0 Å². The Morgan fingerprint density at radius 1 is 1.26 bits per heavy atom. The highest BCUT2D eigenvalue weighted by Gasteiger charge is 2.21. The van der Waals surface area contributed by atoms with Crippen molar-refractivity contribution >= 4 is 11.6 Å². The molecule has 98 valence electrons. The fourth-order valence-corrected chi connectivity index (χ4v) is 1.81. The quantitative estimate of drug-likeness (QED) is 0.860. The van der Waals surface area contributed by atoms with Crippen molar-refractivity contribution in [1.29, 1.82) is 0 Å². The van der Waals surface area contributed by atoms with E-state index >= 15 is 0 Å². The van der Waals surface area contributed by atoms with Gasteiger partial charge in [0.2, 0.25) is 0 Å². The second kappa shape index (κ2) is 4.97. The molecule has 1 aromatic heterocycles. The van der Waals surface area contributed by atoms with Gasteiger partial charge in [0.05, 0.1) is 0 Å². The molecular formula is C14H14N2O3. The first kappa shape index (κ1) is 12.9. The lowest BCUT2D eigenvalue weighted by molar-refractivity contribution is 0.0989. The molecule has 0 saturated carbocycles. The standard InChI is InChI=1S/C14H14N2O3/c1-9-8-11(17)12(13(18)15-9)14(19)16(2)10-6-4-3-5-7-10/h3-8H,1-2H3,(H2,15,17,18). The van der Waals surface area contributed by atoms with E-state index in [4.69, 9.17) is 0 Å². The molecule has 0 fully saturated rings. The number of aryl methyl sites for hydroxylation is 1. The van der Waals surface area contributed by atoms with E-state index in [2.05, 4.69) is 4.98 Å². The summed E-state index contributed by atoms with van der Waals surface area (Å²) >= 11 is 0. The van der Waals surface area contributed by atoms with Gasteiger partial charge in [0.1, 0.15) is 11.3 Å². The average Bonchev–Trinajstić information content (AvgIpc) is 2.37. The third kappa shape index (κ3) is 2.49. The summed E-state index contributed by atoms with van der Waals surface area (Å²) in [7, 11) is 1.55. The number of para-hydroxylation sites is 1. The molecule has 0 radical (unpaired) electrons. The van der Waals surface area contributed by atoms with Crippen molar-refractivity contribution in [2.24, 2.45) is 0 Å². The Bertz CT molecular complexity index is 662. The maximum atomic E-state index is 12.2. The molecule has 2 aromatic rings. The number of nitrogens with one attached hydrogen (secondary N) is 1. The molecule has 5 nitrogen and oxygen atoms in total. The van der Waals surface area contributed by atoms with E-state index < -0.39 is 11.5 Å². The van der Waals surface area contributed by atoms with E-state index in [1.807, 2.05) is 6.07 Å². The van der Waals surface area contributed by atoms with Gasteiger partial charge < -0.3 is 15.0 Å². The molecule has 2 N–H and O–H groups in total. The van der Waals surface area contributed by atoms with Crippen molar-refractivity contribution in [2.45, 2.75) is 6.92 Å². The minimum absolute atomic E-state index is 0.253. The number of pyridine rings is 1. The number of carbonyl (C=O) groups excluding carboxylic acids is 1. The van der Waals surface area contributed by atoms with Crippen LogP contribution in [0.2, 0.25) is 0 Å². The van der Waals surface area contributed by atoms with Gasteiger partial charge in [0.25, 0.3) is 11.5 Å². The van der Waals surface area contributed by atoms with Gasteiger partial charge >= 0.3 is 0 Å². The molecule has 0 atom stereocenters. The maximum Gasteiger partial charge on any atom is 0.267 e. The van der Waals surface area contributed by atoms with E-state index in [-0.39, 0.29) is 11.3 Å². The van der Waals surface area contributed by atoms with E-state index in [1.54, 1.807) is 38.2 Å². The Hall–Kier alpha value is -2.56. The van der Waals surface area contributed by atoms with Gasteiger partial charge in [-0.1, -0.05) is 18.2 Å². The monoisotopic (exact) mass is 258 g/mol. The largest absolute Gasteiger partial charge is 0.507 e. The van der Waals surface area contributed by atoms with Crippen LogP contribution in [0.15, 0.2) is 41.2 Å². The second-order valence-corrected chi connectivity index (χ2v) is 4.24. The van der Waals surface area contributed by atoms with Crippen molar-refractivity contribution in [2.75, 3.05) is 11.9 Å². The van der Waals surface area contributed by atoms with Crippen LogP contribution in [0.1, 0.15) is 16.1 Å². The predicted molar refractivity (Wildman–Crippen MR) is 72.6 cm³/mol. The number of hydrogen-bond donors (Lipinski definition) is 2. The molecule has 0 aliphatic rings. The summed E-state index contributed by atoms with van der Waals surface area (Å²) < 4.78 is 0. The topological polar surface area (TPSA) is 73.4 Å². The van der Waals surface area contributed by atoms with Gasteiger partial charge in [0.15, 0.2) is 0 Å². The van der Waals surface area contributed by atoms with Crippen LogP contribution >= 0.6 is 0 Å². The molecule has 0 saturated heterocycles. The first-order chi connectivity index (χ1) is 9.00. The summed E-state index contributed by atoms with van der Waals surface area (Å²) in [5.41, 5.74) is 0.301. The minimum atomic E-state index is -0.592. The number of hydrogen-bond acceptors (Lipinski definition) is 3. The van der Waals surface area contributed by atoms with E-state index in [0.29, 0.717) is 11.4 Å². The smallest absolute Gasteiger partial charge is 0.267 e. The number of aromatic nitrogens is 1. The van der Waals surface area contributed by atoms with Crippen LogP contribution < -0.4 is 10.5 Å². The summed E-state index contributed by atoms with van der Waals surface area (Å²) in [6, 6.07) is 10.3. The number of H-pyrrole nitrogens is 1. The van der Waals surface area contributed by atoms with Gasteiger partial charge in [-0.3, -0.25) is 9.59 Å². The third-order valence-corrected chi connectivity index (χ3v) is 2.81. The first-order valence-electron chi connectivity index (χ1n) is 5.76. The molecule has 19 heavy (non-hydrogen) atoms. The Balaban J connectivity index is 2.43. The number of carbonyl (C=O) groups is 1. The zero-order valence-corrected chi connectivity index (χ0v) is 10.7. The van der Waals surface area contributed by atoms with Gasteiger partial charge in [-0.25, -0.2) is 0 Å². The highest BCUT2D eigenvalue weighted by atomic mass is 16.3. The zero-order chi connectivity index (χ0) is 14.0. The lowest BCUT2D eigenvalue weighted by Crippen LogP contribution is -2.31. The molecule has 1 heterocycles. The number of amides is 1. The van der Waals surface area contributed by atoms with E-state index in [1.165, 1.54) is 11.0 Å². The third-order valence-electron chi connectivity index (χ3n) is 2.81. The van der Waals surface area contributed by atoms with Crippen LogP contribution in [0.4, 0.5) is 5.69 Å². The predicted octanol–water partition coefficient (Wildman–Crippen LogP) is 1.67. The van der Waals surface area contributed by atoms with Crippen molar-refractivity contribution in [3.05, 3.63) is 58.0 Å². The number of benzene rings is 1. The molecule has 2 rings (SSSR count). The highest BCUT2D eigenvalue weighted by Crippen LogP contribution is 2.18. The molecule has 0 spiro atoms. The number of aromatic hydroxyl groups is 1. The van der Waals surface area contributed by atoms with Crippen molar-refractivity contribution in [3.63, 3.8) is 0 Å². The molecule has 1 amide bonds. The van der Waals surface area contributed by atoms with Crippen LogP contribution in [0, 0.1) is 6.92 Å². The fraction of sp³-hybridized carbons (Fsp3) is 0.143. The molecule has 5 heteroatoms. The molecule has 0 bridgehead atoms. The van der Waals surface area contributed by atoms with Crippen LogP contribution in [-0.4, -0.2) is 23.0 Å². The fourth-order valence-electron chi connectivity index (χ4n) is 1.81. The Morgan fingerprint density at radius 2 is 1.89 bits per heavy atom. The number of aromatic amines is 1. The molecule has 0 aliphatic heterocycles. The zero-order valence-electron chi connectivity index (χ0n) is 10.7. The average molecular weight is 258 g/mol. The number of rotatable bonds is 2. The van der Waals surface area contributed by atoms with Gasteiger partial charge in [0, 0.05) is 18.4 Å². The first-order valence-corrected chi connectivity index (χ1v) is 5.76. The highest BCUT2D eigenvalue weighted by molar-refractivity contribution is 6.07. The Morgan fingerprint density at radius 3 is 2.47 bits per heavy atom. The Kier molecular flexibility index (Phi) is 3.37. The van der Waals surface area contributed by atoms with Crippen LogP contribution in [0.5, 0.6) is 5.75 Å². The summed E-state index contributed by atoms with van der Waals surface area (Å²) in [5.74, 6) is -0.862. The van der Waals surface area contributed by atoms with Gasteiger partial charge in [-0.2, -0.15) is 0 Å². The molecule has 0 unspecified atom stereocenters. The SMILES string of the molecule is Cc1cc(O)c(C(=O)N(C)c2ccccc2)c(=O)[nH]1. The lowest BCUT2D eigenvalue weighted by Gasteiger charge is -2.17. The molecule has 1 aromatic carbocycles. The van der Waals surface area contributed by atoms with E-state index in [9.17, 15) is 14.7 Å². The van der Waals surface area contributed by atoms with Crippen LogP contribution in [0.25, 0.3) is 0 Å². The number of nitrogens with zero attached hydrogens (tertiary/aromatic N) is 1. The lowest BCUT2D eigenvalue weighted by atomic mass is 10.2. The molecular weight excluding hydrogens is 244 g/mol. The Labute approximate surface area is 110 Å². The van der Waals surface area contributed by atoms with Gasteiger partial charge in [-0.15, -0.1) is 0 Å². The maximum absolute atomic E-state index is 12.2. The van der Waals surface area contributed by atoms with Crippen LogP contribution in [-0.2, 0) is 0 Å². The van der Waals surface area contributed by atoms with Crippen molar-refractivity contribution < 1.29 is 9.90 Å².